The smallest absolute Gasteiger partial charge is 0.342 e. The van der Waals surface area contributed by atoms with Gasteiger partial charge >= 0.3 is 17.9 Å². The van der Waals surface area contributed by atoms with Crippen molar-refractivity contribution in [2.75, 3.05) is 21.3 Å². The van der Waals surface area contributed by atoms with Gasteiger partial charge in [0.05, 0.1) is 60.5 Å². The molecule has 0 saturated carbocycles. The Labute approximate surface area is 218 Å². The third-order valence-corrected chi connectivity index (χ3v) is 5.84. The number of aromatic amines is 2. The zero-order valence-electron chi connectivity index (χ0n) is 21.5. The maximum absolute atomic E-state index is 12.9. The Kier molecular flexibility index (Phi) is 7.52. The SMILES string of the molecule is COC(=O)C(C1=NC(=C(C)C)C=C1)=c1cc/c(=C(\C(=O)OC)c2ccc(/C(C(=O)OC)=C3/C=CC=N3)[nH]2)[nH]1. The first kappa shape index (κ1) is 26.1. The van der Waals surface area contributed by atoms with Crippen molar-refractivity contribution in [3.05, 3.63) is 87.6 Å². The van der Waals surface area contributed by atoms with Crippen LogP contribution in [-0.2, 0) is 28.6 Å². The molecule has 0 saturated heterocycles. The van der Waals surface area contributed by atoms with E-state index in [0.29, 0.717) is 33.5 Å². The van der Waals surface area contributed by atoms with E-state index >= 15 is 0 Å². The van der Waals surface area contributed by atoms with Crippen molar-refractivity contribution in [2.24, 2.45) is 9.98 Å². The molecule has 4 heterocycles. The van der Waals surface area contributed by atoms with Crippen LogP contribution in [0.25, 0.3) is 16.7 Å². The topological polar surface area (TPSA) is 135 Å². The van der Waals surface area contributed by atoms with Gasteiger partial charge in [0.15, 0.2) is 0 Å². The second kappa shape index (κ2) is 11.0. The molecule has 2 aliphatic rings. The fourth-order valence-corrected chi connectivity index (χ4v) is 3.98. The number of hydrogen-bond donors (Lipinski definition) is 2. The molecule has 0 spiro atoms. The normalized spacial score (nSPS) is 16.8. The van der Waals surface area contributed by atoms with Gasteiger partial charge in [0.2, 0.25) is 0 Å². The zero-order valence-corrected chi connectivity index (χ0v) is 21.5. The summed E-state index contributed by atoms with van der Waals surface area (Å²) in [4.78, 5) is 53.1. The van der Waals surface area contributed by atoms with E-state index in [2.05, 4.69) is 20.0 Å². The van der Waals surface area contributed by atoms with Gasteiger partial charge in [0, 0.05) is 6.21 Å². The number of nitrogens with one attached hydrogen (secondary N) is 2. The van der Waals surface area contributed by atoms with E-state index in [1.165, 1.54) is 21.3 Å². The third kappa shape index (κ3) is 4.96. The number of esters is 3. The minimum atomic E-state index is -0.637. The molecule has 2 aromatic rings. The lowest BCUT2D eigenvalue weighted by Crippen LogP contribution is -2.25. The predicted molar refractivity (Wildman–Crippen MR) is 142 cm³/mol. The van der Waals surface area contributed by atoms with Gasteiger partial charge in [0.1, 0.15) is 16.7 Å². The summed E-state index contributed by atoms with van der Waals surface area (Å²) in [6.45, 7) is 3.85. The van der Waals surface area contributed by atoms with Crippen LogP contribution in [0.5, 0.6) is 0 Å². The molecule has 0 unspecified atom stereocenters. The van der Waals surface area contributed by atoms with Crippen LogP contribution in [0.15, 0.2) is 75.5 Å². The monoisotopic (exact) mass is 514 g/mol. The van der Waals surface area contributed by atoms with Gasteiger partial charge in [-0.15, -0.1) is 0 Å². The highest BCUT2D eigenvalue weighted by molar-refractivity contribution is 6.44. The van der Waals surface area contributed by atoms with Crippen molar-refractivity contribution in [3.8, 4) is 0 Å². The Morgan fingerprint density at radius 2 is 1.26 bits per heavy atom. The van der Waals surface area contributed by atoms with E-state index in [1.54, 1.807) is 48.7 Å². The maximum Gasteiger partial charge on any atom is 0.342 e. The van der Waals surface area contributed by atoms with Crippen LogP contribution >= 0.6 is 0 Å². The van der Waals surface area contributed by atoms with Crippen LogP contribution in [0.4, 0.5) is 0 Å². The molecule has 38 heavy (non-hydrogen) atoms. The number of allylic oxidation sites excluding steroid dienone is 5. The Balaban J connectivity index is 1.92. The lowest BCUT2D eigenvalue weighted by Gasteiger charge is -2.06. The summed E-state index contributed by atoms with van der Waals surface area (Å²) in [5.74, 6) is -1.81. The number of aromatic nitrogens is 2. The molecule has 0 bridgehead atoms. The van der Waals surface area contributed by atoms with Crippen LogP contribution in [0, 0.1) is 0 Å². The van der Waals surface area contributed by atoms with Crippen LogP contribution < -0.4 is 10.7 Å². The molecule has 4 rings (SSSR count). The van der Waals surface area contributed by atoms with Gasteiger partial charge in [-0.05, 0) is 62.4 Å². The molecule has 10 heteroatoms. The molecule has 0 amide bonds. The number of aliphatic imine (C=N–C) groups is 2. The lowest BCUT2D eigenvalue weighted by atomic mass is 10.1. The van der Waals surface area contributed by atoms with Crippen LogP contribution in [0.3, 0.4) is 0 Å². The molecule has 0 aromatic carbocycles. The number of rotatable bonds is 6. The van der Waals surface area contributed by atoms with Crippen molar-refractivity contribution < 1.29 is 28.6 Å². The van der Waals surface area contributed by atoms with Crippen molar-refractivity contribution in [2.45, 2.75) is 13.8 Å². The van der Waals surface area contributed by atoms with Gasteiger partial charge in [0.25, 0.3) is 0 Å². The van der Waals surface area contributed by atoms with E-state index < -0.39 is 17.9 Å². The molecule has 2 aromatic heterocycles. The van der Waals surface area contributed by atoms with Gasteiger partial charge in [-0.25, -0.2) is 19.4 Å². The van der Waals surface area contributed by atoms with E-state index in [9.17, 15) is 14.4 Å². The highest BCUT2D eigenvalue weighted by Gasteiger charge is 2.24. The van der Waals surface area contributed by atoms with Gasteiger partial charge in [-0.2, -0.15) is 0 Å². The maximum atomic E-state index is 12.9. The van der Waals surface area contributed by atoms with Crippen molar-refractivity contribution in [3.63, 3.8) is 0 Å². The lowest BCUT2D eigenvalue weighted by molar-refractivity contribution is -0.134. The first-order valence-electron chi connectivity index (χ1n) is 11.6. The number of carbonyl (C=O) groups excluding carboxylic acids is 3. The summed E-state index contributed by atoms with van der Waals surface area (Å²) in [6, 6.07) is 6.60. The first-order valence-corrected chi connectivity index (χ1v) is 11.6. The minimum absolute atomic E-state index is 0.155. The minimum Gasteiger partial charge on any atom is -0.465 e. The zero-order chi connectivity index (χ0) is 27.4. The average Bonchev–Trinajstić information content (AvgIpc) is 3.73. The largest absolute Gasteiger partial charge is 0.465 e. The fourth-order valence-electron chi connectivity index (χ4n) is 3.98. The van der Waals surface area contributed by atoms with Crippen LogP contribution in [-0.4, -0.2) is 61.1 Å². The number of carbonyl (C=O) groups is 3. The van der Waals surface area contributed by atoms with E-state index in [-0.39, 0.29) is 16.7 Å². The number of hydrogen-bond acceptors (Lipinski definition) is 8. The molecule has 0 aliphatic carbocycles. The van der Waals surface area contributed by atoms with E-state index in [4.69, 9.17) is 14.2 Å². The third-order valence-electron chi connectivity index (χ3n) is 5.84. The number of nitrogens with zero attached hydrogens (tertiary/aromatic N) is 2. The van der Waals surface area contributed by atoms with Crippen molar-refractivity contribution in [1.29, 1.82) is 0 Å². The van der Waals surface area contributed by atoms with Crippen LogP contribution in [0.2, 0.25) is 0 Å². The second-order valence-electron chi connectivity index (χ2n) is 8.41. The summed E-state index contributed by atoms with van der Waals surface area (Å²) in [6.07, 6.45) is 8.50. The Morgan fingerprint density at radius 1 is 0.684 bits per heavy atom. The first-order chi connectivity index (χ1) is 18.3. The Hall–Kier alpha value is -4.99. The van der Waals surface area contributed by atoms with Crippen LogP contribution in [0.1, 0.15) is 25.2 Å². The summed E-state index contributed by atoms with van der Waals surface area (Å²) < 4.78 is 15.0. The molecular formula is C28H26N4O6. The van der Waals surface area contributed by atoms with Gasteiger partial charge < -0.3 is 24.2 Å². The Morgan fingerprint density at radius 3 is 1.82 bits per heavy atom. The second-order valence-corrected chi connectivity index (χ2v) is 8.41. The molecular weight excluding hydrogens is 488 g/mol. The van der Waals surface area contributed by atoms with E-state index in [1.807, 2.05) is 19.9 Å². The molecule has 0 fully saturated rings. The number of ether oxygens (including phenoxy) is 3. The average molecular weight is 515 g/mol. The number of H-pyrrole nitrogens is 2. The molecule has 10 nitrogen and oxygen atoms in total. The van der Waals surface area contributed by atoms with E-state index in [0.717, 1.165) is 11.3 Å². The molecule has 0 atom stereocenters. The molecule has 2 aliphatic heterocycles. The molecule has 194 valence electrons. The van der Waals surface area contributed by atoms with Crippen molar-refractivity contribution >= 4 is 46.6 Å². The highest BCUT2D eigenvalue weighted by atomic mass is 16.5. The fraction of sp³-hybridized carbons (Fsp3) is 0.179. The number of methoxy groups -OCH3 is 3. The summed E-state index contributed by atoms with van der Waals surface area (Å²) in [5, 5.41) is 0.777. The predicted octanol–water partition coefficient (Wildman–Crippen LogP) is 1.87. The van der Waals surface area contributed by atoms with Crippen molar-refractivity contribution in [1.82, 2.24) is 9.97 Å². The highest BCUT2D eigenvalue weighted by Crippen LogP contribution is 2.25. The summed E-state index contributed by atoms with van der Waals surface area (Å²) in [7, 11) is 3.83. The Bertz CT molecular complexity index is 1620. The van der Waals surface area contributed by atoms with Gasteiger partial charge in [-0.3, -0.25) is 4.99 Å². The summed E-state index contributed by atoms with van der Waals surface area (Å²) in [5.41, 5.74) is 3.96. The molecule has 2 N–H and O–H groups in total. The standard InChI is InChI=1S/C28H26N4O6/c1-15(2)16-8-9-19(30-16)24(27(34)37-4)20-12-13-22(32-20)25(28(35)38-5)21-11-10-18(31-21)23(26(33)36-3)17-7-6-14-29-17/h6-14,31-32H,1-5H3/b23-17+,24-20?,25-22+. The quantitative estimate of drug-likeness (QED) is 0.343. The van der Waals surface area contributed by atoms with Gasteiger partial charge in [-0.1, -0.05) is 5.57 Å². The molecule has 0 radical (unpaired) electrons. The summed E-state index contributed by atoms with van der Waals surface area (Å²) >= 11 is 0.